The Kier molecular flexibility index (Phi) is 6.04. The third-order valence-corrected chi connectivity index (χ3v) is 9.36. The van der Waals surface area contributed by atoms with Gasteiger partial charge in [0.05, 0.1) is 18.6 Å². The van der Waals surface area contributed by atoms with Crippen molar-refractivity contribution in [2.24, 2.45) is 0 Å². The van der Waals surface area contributed by atoms with Crippen LogP contribution in [0.2, 0.25) is 18.1 Å². The van der Waals surface area contributed by atoms with Crippen LogP contribution < -0.4 is 0 Å². The maximum atomic E-state index is 12.3. The molecule has 0 N–H and O–H groups in total. The van der Waals surface area contributed by atoms with E-state index in [1.807, 2.05) is 4.90 Å². The summed E-state index contributed by atoms with van der Waals surface area (Å²) in [5.74, 6) is 0.150. The van der Waals surface area contributed by atoms with Gasteiger partial charge >= 0.3 is 0 Å². The molecule has 120 valence electrons. The summed E-state index contributed by atoms with van der Waals surface area (Å²) in [6, 6.07) is 0.0523. The zero-order valence-corrected chi connectivity index (χ0v) is 16.5. The van der Waals surface area contributed by atoms with Crippen LogP contribution in [0.5, 0.6) is 0 Å². The number of amides is 1. The van der Waals surface area contributed by atoms with Crippen LogP contribution in [-0.2, 0) is 9.22 Å². The molecule has 2 atom stereocenters. The van der Waals surface area contributed by atoms with Crippen molar-refractivity contribution in [2.45, 2.75) is 63.9 Å². The Hall–Kier alpha value is -0.393. The Balaban J connectivity index is 2.96. The fourth-order valence-electron chi connectivity index (χ4n) is 2.33. The number of hydrogen-bond donors (Lipinski definition) is 0. The molecule has 21 heavy (non-hydrogen) atoms. The first-order chi connectivity index (χ1) is 9.49. The Labute approximate surface area is 138 Å². The van der Waals surface area contributed by atoms with Crippen molar-refractivity contribution in [1.82, 2.24) is 4.90 Å². The van der Waals surface area contributed by atoms with Crippen LogP contribution in [-0.4, -0.2) is 37.8 Å². The van der Waals surface area contributed by atoms with Gasteiger partial charge in [-0.15, -0.1) is 6.58 Å². The van der Waals surface area contributed by atoms with E-state index < -0.39 is 8.32 Å². The molecule has 1 aliphatic rings. The maximum Gasteiger partial charge on any atom is 0.225 e. The topological polar surface area (TPSA) is 29.5 Å². The highest BCUT2D eigenvalue weighted by Gasteiger charge is 2.46. The lowest BCUT2D eigenvalue weighted by Gasteiger charge is -2.40. The van der Waals surface area contributed by atoms with Crippen molar-refractivity contribution in [3.8, 4) is 0 Å². The van der Waals surface area contributed by atoms with Gasteiger partial charge in [-0.1, -0.05) is 49.4 Å². The molecule has 0 aliphatic carbocycles. The average Bonchev–Trinajstić information content (AvgIpc) is 2.55. The minimum atomic E-state index is -1.89. The van der Waals surface area contributed by atoms with Gasteiger partial charge in [0.1, 0.15) is 0 Å². The van der Waals surface area contributed by atoms with Gasteiger partial charge in [-0.3, -0.25) is 4.79 Å². The van der Waals surface area contributed by atoms with E-state index in [1.54, 1.807) is 6.08 Å². The van der Waals surface area contributed by atoms with Crippen LogP contribution >= 0.6 is 15.9 Å². The highest BCUT2D eigenvalue weighted by Crippen LogP contribution is 2.40. The average molecular weight is 374 g/mol. The number of carbonyl (C=O) groups is 1. The smallest absolute Gasteiger partial charge is 0.225 e. The van der Waals surface area contributed by atoms with Gasteiger partial charge in [0, 0.05) is 13.0 Å². The third-order valence-electron chi connectivity index (χ3n) is 4.53. The minimum Gasteiger partial charge on any atom is -0.411 e. The van der Waals surface area contributed by atoms with Crippen LogP contribution in [0.15, 0.2) is 23.7 Å². The van der Waals surface area contributed by atoms with Crippen molar-refractivity contribution < 1.29 is 9.22 Å². The standard InChI is InChI=1S/C16H28BrNO2Si/c1-8-9-18-13(10-12(2)17)14(11-15(18)19)20-21(6,7)16(3,4)5/h8,13-14H,1-2,9-11H2,3-7H3/t13-,14-/m1/s1. The van der Waals surface area contributed by atoms with Gasteiger partial charge in [-0.2, -0.15) is 0 Å². The van der Waals surface area contributed by atoms with Crippen LogP contribution in [0.3, 0.4) is 0 Å². The van der Waals surface area contributed by atoms with E-state index in [2.05, 4.69) is 63.0 Å². The van der Waals surface area contributed by atoms with E-state index in [4.69, 9.17) is 4.43 Å². The summed E-state index contributed by atoms with van der Waals surface area (Å²) in [7, 11) is -1.89. The van der Waals surface area contributed by atoms with Crippen molar-refractivity contribution in [3.05, 3.63) is 23.7 Å². The molecule has 1 aliphatic heterocycles. The van der Waals surface area contributed by atoms with Crippen molar-refractivity contribution >= 4 is 30.2 Å². The number of hydrogen-bond acceptors (Lipinski definition) is 2. The lowest BCUT2D eigenvalue weighted by atomic mass is 10.1. The number of carbonyl (C=O) groups excluding carboxylic acids is 1. The molecule has 1 rings (SSSR count). The zero-order valence-electron chi connectivity index (χ0n) is 13.9. The van der Waals surface area contributed by atoms with Gasteiger partial charge in [0.25, 0.3) is 0 Å². The molecule has 0 spiro atoms. The lowest BCUT2D eigenvalue weighted by molar-refractivity contribution is -0.128. The van der Waals surface area contributed by atoms with Crippen molar-refractivity contribution in [3.63, 3.8) is 0 Å². The number of halogens is 1. The summed E-state index contributed by atoms with van der Waals surface area (Å²) in [6.45, 7) is 19.4. The Bertz CT molecular complexity index is 428. The second-order valence-electron chi connectivity index (χ2n) is 7.24. The number of nitrogens with zero attached hydrogens (tertiary/aromatic N) is 1. The molecule has 0 bridgehead atoms. The first-order valence-corrected chi connectivity index (χ1v) is 11.1. The van der Waals surface area contributed by atoms with E-state index in [1.165, 1.54) is 0 Å². The van der Waals surface area contributed by atoms with Gasteiger partial charge in [-0.05, 0) is 22.6 Å². The lowest BCUT2D eigenvalue weighted by Crippen LogP contribution is -2.47. The minimum absolute atomic E-state index is 0.0485. The maximum absolute atomic E-state index is 12.3. The van der Waals surface area contributed by atoms with E-state index >= 15 is 0 Å². The van der Waals surface area contributed by atoms with Crippen molar-refractivity contribution in [1.29, 1.82) is 0 Å². The third kappa shape index (κ3) is 4.54. The fourth-order valence-corrected chi connectivity index (χ4v) is 4.01. The monoisotopic (exact) mass is 373 g/mol. The normalized spacial score (nSPS) is 23.5. The van der Waals surface area contributed by atoms with Gasteiger partial charge in [0.2, 0.25) is 5.91 Å². The summed E-state index contributed by atoms with van der Waals surface area (Å²) >= 11 is 3.43. The SMILES string of the molecule is C=CCN1C(=O)C[C@@H](O[Si](C)(C)C(C)(C)C)[C@H]1CC(=C)Br. The predicted molar refractivity (Wildman–Crippen MR) is 95.1 cm³/mol. The number of likely N-dealkylation sites (tertiary alicyclic amines) is 1. The van der Waals surface area contributed by atoms with Crippen LogP contribution in [0.1, 0.15) is 33.6 Å². The zero-order chi connectivity index (χ0) is 16.4. The molecule has 0 aromatic heterocycles. The summed E-state index contributed by atoms with van der Waals surface area (Å²) in [6.07, 6.45) is 2.91. The molecule has 0 aromatic rings. The fraction of sp³-hybridized carbons (Fsp3) is 0.688. The Morgan fingerprint density at radius 2 is 2.10 bits per heavy atom. The summed E-state index contributed by atoms with van der Waals surface area (Å²) in [5, 5.41) is 0.137. The quantitative estimate of drug-likeness (QED) is 0.507. The van der Waals surface area contributed by atoms with Gasteiger partial charge < -0.3 is 9.33 Å². The molecule has 0 unspecified atom stereocenters. The molecule has 1 amide bonds. The molecule has 1 heterocycles. The first-order valence-electron chi connectivity index (χ1n) is 7.41. The highest BCUT2D eigenvalue weighted by atomic mass is 79.9. The molecule has 0 saturated carbocycles. The largest absolute Gasteiger partial charge is 0.411 e. The second kappa shape index (κ2) is 6.80. The van der Waals surface area contributed by atoms with Crippen molar-refractivity contribution in [2.75, 3.05) is 6.54 Å². The first kappa shape index (κ1) is 18.7. The summed E-state index contributed by atoms with van der Waals surface area (Å²) < 4.78 is 7.41. The highest BCUT2D eigenvalue weighted by molar-refractivity contribution is 9.11. The van der Waals surface area contributed by atoms with Crippen LogP contribution in [0.4, 0.5) is 0 Å². The molecule has 0 radical (unpaired) electrons. The number of rotatable bonds is 6. The molecular formula is C16H28BrNO2Si. The molecule has 0 aromatic carbocycles. The molecular weight excluding hydrogens is 346 g/mol. The second-order valence-corrected chi connectivity index (χ2v) is 13.1. The van der Waals surface area contributed by atoms with E-state index in [0.29, 0.717) is 13.0 Å². The summed E-state index contributed by atoms with van der Waals surface area (Å²) in [5.41, 5.74) is 0. The Morgan fingerprint density at radius 3 is 2.52 bits per heavy atom. The molecule has 1 saturated heterocycles. The van der Waals surface area contributed by atoms with Crippen LogP contribution in [0, 0.1) is 0 Å². The van der Waals surface area contributed by atoms with Gasteiger partial charge in [0.15, 0.2) is 8.32 Å². The Morgan fingerprint density at radius 1 is 1.52 bits per heavy atom. The molecule has 3 nitrogen and oxygen atoms in total. The van der Waals surface area contributed by atoms with Gasteiger partial charge in [-0.25, -0.2) is 0 Å². The van der Waals surface area contributed by atoms with E-state index in [9.17, 15) is 4.79 Å². The molecule has 1 fully saturated rings. The van der Waals surface area contributed by atoms with Crippen LogP contribution in [0.25, 0.3) is 0 Å². The molecule has 5 heteroatoms. The summed E-state index contributed by atoms with van der Waals surface area (Å²) in [4.78, 5) is 14.1. The predicted octanol–water partition coefficient (Wildman–Crippen LogP) is 4.46. The van der Waals surface area contributed by atoms with E-state index in [-0.39, 0.29) is 23.1 Å². The van der Waals surface area contributed by atoms with E-state index in [0.717, 1.165) is 10.9 Å².